The van der Waals surface area contributed by atoms with Crippen LogP contribution < -0.4 is 20.7 Å². The molecule has 5 aromatic carbocycles. The Morgan fingerprint density at radius 1 is 0.771 bits per heavy atom. The molecule has 3 N–H and O–H groups in total. The summed E-state index contributed by atoms with van der Waals surface area (Å²) in [7, 11) is 0. The highest BCUT2D eigenvalue weighted by atomic mass is 32.2. The normalized spacial score (nSPS) is 11.7. The maximum Gasteiger partial charge on any atom is 0.272 e. The summed E-state index contributed by atoms with van der Waals surface area (Å²) in [5, 5.41) is 8.25. The van der Waals surface area contributed by atoms with Gasteiger partial charge in [-0.05, 0) is 98.1 Å². The maximum absolute atomic E-state index is 13.6. The van der Waals surface area contributed by atoms with E-state index < -0.39 is 17.1 Å². The summed E-state index contributed by atoms with van der Waals surface area (Å²) in [6, 6.07) is 38.8. The van der Waals surface area contributed by atoms with Crippen molar-refractivity contribution in [3.8, 4) is 5.75 Å². The van der Waals surface area contributed by atoms with Gasteiger partial charge >= 0.3 is 0 Å². The van der Waals surface area contributed by atoms with E-state index in [1.54, 1.807) is 42.5 Å². The molecule has 0 bridgehead atoms. The number of thioether (sulfide) groups is 1. The number of nitrogens with one attached hydrogen (secondary N) is 3. The second-order valence-corrected chi connectivity index (χ2v) is 12.3. The molecule has 0 heterocycles. The number of aryl methyl sites for hydroxylation is 2. The first kappa shape index (κ1) is 33.8. The Morgan fingerprint density at radius 2 is 1.44 bits per heavy atom. The van der Waals surface area contributed by atoms with Crippen molar-refractivity contribution in [3.63, 3.8) is 0 Å². The molecule has 48 heavy (non-hydrogen) atoms. The Bertz CT molecular complexity index is 1890. The number of hydrogen-bond donors (Lipinski definition) is 3. The summed E-state index contributed by atoms with van der Waals surface area (Å²) in [4.78, 5) is 41.0. The first-order chi connectivity index (χ1) is 23.3. The largest absolute Gasteiger partial charge is 0.494 e. The Kier molecular flexibility index (Phi) is 11.5. The molecule has 0 fully saturated rings. The van der Waals surface area contributed by atoms with Gasteiger partial charge in [0.25, 0.3) is 11.8 Å². The van der Waals surface area contributed by atoms with E-state index in [0.29, 0.717) is 23.6 Å². The average molecular weight is 656 g/mol. The van der Waals surface area contributed by atoms with Crippen molar-refractivity contribution >= 4 is 46.9 Å². The van der Waals surface area contributed by atoms with E-state index in [2.05, 4.69) is 16.0 Å². The molecule has 5 aromatic rings. The van der Waals surface area contributed by atoms with Crippen molar-refractivity contribution < 1.29 is 19.1 Å². The van der Waals surface area contributed by atoms with Crippen LogP contribution in [0, 0.1) is 13.8 Å². The quantitative estimate of drug-likeness (QED) is 0.0924. The second-order valence-electron chi connectivity index (χ2n) is 11.1. The van der Waals surface area contributed by atoms with E-state index in [1.165, 1.54) is 11.8 Å². The van der Waals surface area contributed by atoms with Gasteiger partial charge in [0.2, 0.25) is 5.91 Å². The monoisotopic (exact) mass is 655 g/mol. The third kappa shape index (κ3) is 9.24. The van der Waals surface area contributed by atoms with Gasteiger partial charge in [0.15, 0.2) is 0 Å². The van der Waals surface area contributed by atoms with E-state index in [-0.39, 0.29) is 11.6 Å². The Morgan fingerprint density at radius 3 is 2.08 bits per heavy atom. The van der Waals surface area contributed by atoms with Crippen LogP contribution in [0.2, 0.25) is 0 Å². The SMILES string of the molecule is CCOc1ccc(/C=C(\NC(=O)c2ccccc2)C(=O)Nc2ccc(SC(C(=O)Nc3ccc(C)cc3C)c3ccccc3)cc2)cc1. The van der Waals surface area contributed by atoms with Crippen molar-refractivity contribution in [1.29, 1.82) is 0 Å². The predicted molar refractivity (Wildman–Crippen MR) is 194 cm³/mol. The van der Waals surface area contributed by atoms with Crippen LogP contribution in [0.15, 0.2) is 138 Å². The van der Waals surface area contributed by atoms with Crippen LogP contribution in [0.3, 0.4) is 0 Å². The molecule has 0 aliphatic carbocycles. The summed E-state index contributed by atoms with van der Waals surface area (Å²) in [5.41, 5.74) is 5.54. The van der Waals surface area contributed by atoms with Gasteiger partial charge in [-0.15, -0.1) is 11.8 Å². The number of carbonyl (C=O) groups excluding carboxylic acids is 3. The van der Waals surface area contributed by atoms with E-state index in [0.717, 1.165) is 32.8 Å². The number of ether oxygens (including phenoxy) is 1. The molecular formula is C40H37N3O4S. The zero-order valence-corrected chi connectivity index (χ0v) is 27.8. The number of rotatable bonds is 12. The summed E-state index contributed by atoms with van der Waals surface area (Å²) in [5.74, 6) is -0.303. The lowest BCUT2D eigenvalue weighted by Crippen LogP contribution is -2.30. The molecule has 3 amide bonds. The minimum Gasteiger partial charge on any atom is -0.494 e. The highest BCUT2D eigenvalue weighted by Crippen LogP contribution is 2.37. The fraction of sp³-hybridized carbons (Fsp3) is 0.125. The highest BCUT2D eigenvalue weighted by Gasteiger charge is 2.23. The number of amides is 3. The zero-order valence-electron chi connectivity index (χ0n) is 27.0. The zero-order chi connectivity index (χ0) is 33.9. The molecule has 8 heteroatoms. The molecule has 0 spiro atoms. The molecule has 0 aromatic heterocycles. The van der Waals surface area contributed by atoms with E-state index in [9.17, 15) is 14.4 Å². The highest BCUT2D eigenvalue weighted by molar-refractivity contribution is 8.00. The third-order valence-electron chi connectivity index (χ3n) is 7.38. The minimum absolute atomic E-state index is 0.0821. The number of carbonyl (C=O) groups is 3. The van der Waals surface area contributed by atoms with Gasteiger partial charge in [0.1, 0.15) is 16.7 Å². The topological polar surface area (TPSA) is 96.5 Å². The molecule has 0 aliphatic rings. The molecule has 0 saturated heterocycles. The van der Waals surface area contributed by atoms with Crippen LogP contribution in [-0.4, -0.2) is 24.3 Å². The smallest absolute Gasteiger partial charge is 0.272 e. The number of benzene rings is 5. The van der Waals surface area contributed by atoms with E-state index in [1.807, 2.05) is 112 Å². The molecule has 0 aliphatic heterocycles. The number of anilines is 2. The van der Waals surface area contributed by atoms with E-state index in [4.69, 9.17) is 4.74 Å². The van der Waals surface area contributed by atoms with Gasteiger partial charge in [-0.2, -0.15) is 0 Å². The van der Waals surface area contributed by atoms with Gasteiger partial charge in [0, 0.05) is 21.8 Å². The summed E-state index contributed by atoms with van der Waals surface area (Å²) < 4.78 is 5.53. The summed E-state index contributed by atoms with van der Waals surface area (Å²) >= 11 is 1.42. The molecule has 5 rings (SSSR count). The van der Waals surface area contributed by atoms with Gasteiger partial charge < -0.3 is 20.7 Å². The molecule has 0 saturated carbocycles. The average Bonchev–Trinajstić information content (AvgIpc) is 3.10. The van der Waals surface area contributed by atoms with Crippen LogP contribution in [-0.2, 0) is 9.59 Å². The fourth-order valence-corrected chi connectivity index (χ4v) is 5.96. The van der Waals surface area contributed by atoms with Gasteiger partial charge in [-0.25, -0.2) is 0 Å². The van der Waals surface area contributed by atoms with E-state index >= 15 is 0 Å². The third-order valence-corrected chi connectivity index (χ3v) is 8.64. The Balaban J connectivity index is 1.33. The minimum atomic E-state index is -0.510. The lowest BCUT2D eigenvalue weighted by molar-refractivity contribution is -0.116. The van der Waals surface area contributed by atoms with Crippen molar-refractivity contribution in [2.24, 2.45) is 0 Å². The molecule has 1 unspecified atom stereocenters. The standard InChI is InChI=1S/C40H37N3O4S/c1-4-47-33-20-16-29(17-21-33)26-36(43-38(44)31-13-9-6-10-14-31)39(45)41-32-18-22-34(23-19-32)48-37(30-11-7-5-8-12-30)40(46)42-35-24-15-27(2)25-28(35)3/h5-26,37H,4H2,1-3H3,(H,41,45)(H,42,46)(H,43,44)/b36-26-. The summed E-state index contributed by atoms with van der Waals surface area (Å²) in [6.45, 7) is 6.45. The van der Waals surface area contributed by atoms with Gasteiger partial charge in [-0.3, -0.25) is 14.4 Å². The molecular weight excluding hydrogens is 619 g/mol. The van der Waals surface area contributed by atoms with Crippen LogP contribution in [0.4, 0.5) is 11.4 Å². The summed E-state index contributed by atoms with van der Waals surface area (Å²) in [6.07, 6.45) is 1.62. The van der Waals surface area contributed by atoms with Crippen molar-refractivity contribution in [2.45, 2.75) is 30.9 Å². The molecule has 0 radical (unpaired) electrons. The molecule has 7 nitrogen and oxygen atoms in total. The fourth-order valence-electron chi connectivity index (χ4n) is 4.94. The molecule has 242 valence electrons. The van der Waals surface area contributed by atoms with Gasteiger partial charge in [0.05, 0.1) is 6.61 Å². The van der Waals surface area contributed by atoms with Crippen molar-refractivity contribution in [2.75, 3.05) is 17.2 Å². The van der Waals surface area contributed by atoms with Crippen molar-refractivity contribution in [3.05, 3.63) is 161 Å². The van der Waals surface area contributed by atoms with Gasteiger partial charge in [-0.1, -0.05) is 78.4 Å². The maximum atomic E-state index is 13.6. The van der Waals surface area contributed by atoms with Crippen LogP contribution in [0.1, 0.15) is 44.8 Å². The van der Waals surface area contributed by atoms with Crippen LogP contribution in [0.5, 0.6) is 5.75 Å². The van der Waals surface area contributed by atoms with Crippen LogP contribution >= 0.6 is 11.8 Å². The predicted octanol–water partition coefficient (Wildman–Crippen LogP) is 8.58. The van der Waals surface area contributed by atoms with Crippen LogP contribution in [0.25, 0.3) is 6.08 Å². The second kappa shape index (κ2) is 16.3. The molecule has 1 atom stereocenters. The Hall–Kier alpha value is -5.60. The Labute approximate surface area is 285 Å². The lowest BCUT2D eigenvalue weighted by atomic mass is 10.1. The number of hydrogen-bond acceptors (Lipinski definition) is 5. The first-order valence-corrected chi connectivity index (χ1v) is 16.5. The van der Waals surface area contributed by atoms with Crippen molar-refractivity contribution in [1.82, 2.24) is 5.32 Å². The first-order valence-electron chi connectivity index (χ1n) is 15.6. The lowest BCUT2D eigenvalue weighted by Gasteiger charge is -2.18.